The summed E-state index contributed by atoms with van der Waals surface area (Å²) in [5, 5.41) is 13.3. The molecule has 3 aromatic rings. The van der Waals surface area contributed by atoms with Gasteiger partial charge in [-0.25, -0.2) is 9.97 Å². The maximum atomic E-state index is 12.1. The Balaban J connectivity index is 1.65. The maximum Gasteiger partial charge on any atom is 0.236 e. The van der Waals surface area contributed by atoms with E-state index in [1.807, 2.05) is 25.3 Å². The van der Waals surface area contributed by atoms with Crippen molar-refractivity contribution in [2.75, 3.05) is 18.4 Å². The second-order valence-corrected chi connectivity index (χ2v) is 6.72. The molecule has 1 saturated heterocycles. The van der Waals surface area contributed by atoms with Crippen molar-refractivity contribution >= 4 is 22.6 Å². The fourth-order valence-electron chi connectivity index (χ4n) is 3.51. The smallest absolute Gasteiger partial charge is 0.236 e. The molecule has 27 heavy (non-hydrogen) atoms. The van der Waals surface area contributed by atoms with E-state index in [4.69, 9.17) is 9.68 Å². The fraction of sp³-hybridized carbons (Fsp3) is 0.368. The number of nitrogens with one attached hydrogen (secondary N) is 2. The molecule has 3 aromatic heterocycles. The Kier molecular flexibility index (Phi) is 4.50. The maximum absolute atomic E-state index is 12.1. The summed E-state index contributed by atoms with van der Waals surface area (Å²) in [5.41, 5.74) is 2.45. The number of anilines is 1. The largest absolute Gasteiger partial charge is 0.441 e. The molecule has 1 aliphatic heterocycles. The van der Waals surface area contributed by atoms with Gasteiger partial charge in [0.25, 0.3) is 0 Å². The van der Waals surface area contributed by atoms with Crippen LogP contribution in [0.1, 0.15) is 25.0 Å². The van der Waals surface area contributed by atoms with Crippen LogP contribution in [-0.4, -0.2) is 44.9 Å². The topological polar surface area (TPSA) is 111 Å². The molecule has 0 spiro atoms. The zero-order valence-corrected chi connectivity index (χ0v) is 15.0. The highest BCUT2D eigenvalue weighted by Crippen LogP contribution is 2.34. The first-order valence-electron chi connectivity index (χ1n) is 8.96. The van der Waals surface area contributed by atoms with E-state index in [9.17, 15) is 4.79 Å². The van der Waals surface area contributed by atoms with Gasteiger partial charge in [0.1, 0.15) is 17.8 Å². The minimum absolute atomic E-state index is 0.0785. The van der Waals surface area contributed by atoms with Crippen molar-refractivity contribution in [2.24, 2.45) is 0 Å². The van der Waals surface area contributed by atoms with Gasteiger partial charge in [0.05, 0.1) is 23.5 Å². The molecule has 4 heterocycles. The van der Waals surface area contributed by atoms with Crippen LogP contribution in [0.25, 0.3) is 22.5 Å². The molecule has 8 nitrogen and oxygen atoms in total. The van der Waals surface area contributed by atoms with Crippen LogP contribution in [0, 0.1) is 18.3 Å². The molecule has 1 atom stereocenters. The van der Waals surface area contributed by atoms with Crippen LogP contribution in [0.3, 0.4) is 0 Å². The van der Waals surface area contributed by atoms with E-state index in [2.05, 4.69) is 20.3 Å². The van der Waals surface area contributed by atoms with Crippen molar-refractivity contribution in [3.05, 3.63) is 30.4 Å². The van der Waals surface area contributed by atoms with Gasteiger partial charge < -0.3 is 19.6 Å². The van der Waals surface area contributed by atoms with Crippen LogP contribution in [-0.2, 0) is 4.79 Å². The molecule has 138 valence electrons. The summed E-state index contributed by atoms with van der Waals surface area (Å²) in [4.78, 5) is 25.8. The monoisotopic (exact) mass is 364 g/mol. The number of fused-ring (bicyclic) bond motifs is 1. The van der Waals surface area contributed by atoms with Gasteiger partial charge in [0.15, 0.2) is 0 Å². The molecule has 1 amide bonds. The first-order chi connectivity index (χ1) is 13.2. The lowest BCUT2D eigenvalue weighted by Crippen LogP contribution is -2.45. The highest BCUT2D eigenvalue weighted by Gasteiger charge is 2.25. The van der Waals surface area contributed by atoms with Crippen molar-refractivity contribution in [3.8, 4) is 17.5 Å². The van der Waals surface area contributed by atoms with Gasteiger partial charge in [0.2, 0.25) is 11.8 Å². The number of nitriles is 1. The Hall–Kier alpha value is -3.34. The summed E-state index contributed by atoms with van der Waals surface area (Å²) < 4.78 is 5.71. The van der Waals surface area contributed by atoms with Crippen molar-refractivity contribution in [1.29, 1.82) is 5.26 Å². The van der Waals surface area contributed by atoms with Crippen LogP contribution in [0.2, 0.25) is 0 Å². The lowest BCUT2D eigenvalue weighted by molar-refractivity contribution is -0.131. The number of oxazole rings is 1. The van der Waals surface area contributed by atoms with Gasteiger partial charge in [0, 0.05) is 36.9 Å². The van der Waals surface area contributed by atoms with E-state index in [1.165, 1.54) is 0 Å². The summed E-state index contributed by atoms with van der Waals surface area (Å²) in [5.74, 6) is 1.13. The summed E-state index contributed by atoms with van der Waals surface area (Å²) in [6, 6.07) is 3.98. The second-order valence-electron chi connectivity index (χ2n) is 6.72. The standard InChI is InChI=1S/C19H20N6O2/c1-12-9-23-19(27-12)15-10-22-18-14(5-7-21-18)17(15)24-13-3-2-8-25(11-13)16(26)4-6-20/h5,7,9-10,13H,2-4,8,11H2,1H3,(H2,21,22,24)/t13-/m1/s1. The Morgan fingerprint density at radius 2 is 2.37 bits per heavy atom. The first kappa shape index (κ1) is 17.1. The van der Waals surface area contributed by atoms with Crippen molar-refractivity contribution in [2.45, 2.75) is 32.2 Å². The van der Waals surface area contributed by atoms with E-state index in [1.54, 1.807) is 17.3 Å². The van der Waals surface area contributed by atoms with Crippen LogP contribution in [0.4, 0.5) is 5.69 Å². The van der Waals surface area contributed by atoms with Gasteiger partial charge in [-0.15, -0.1) is 0 Å². The van der Waals surface area contributed by atoms with Crippen LogP contribution in [0.15, 0.2) is 29.1 Å². The SMILES string of the molecule is Cc1cnc(-c2cnc3[nH]ccc3c2N[C@@H]2CCCN(C(=O)CC#N)C2)o1. The van der Waals surface area contributed by atoms with E-state index in [-0.39, 0.29) is 18.4 Å². The van der Waals surface area contributed by atoms with Crippen molar-refractivity contribution < 1.29 is 9.21 Å². The quantitative estimate of drug-likeness (QED) is 0.736. The first-order valence-corrected chi connectivity index (χ1v) is 8.96. The number of aryl methyl sites for hydroxylation is 1. The lowest BCUT2D eigenvalue weighted by Gasteiger charge is -2.33. The van der Waals surface area contributed by atoms with E-state index in [0.29, 0.717) is 19.0 Å². The molecule has 8 heteroatoms. The number of amides is 1. The lowest BCUT2D eigenvalue weighted by atomic mass is 10.0. The van der Waals surface area contributed by atoms with Gasteiger partial charge >= 0.3 is 0 Å². The highest BCUT2D eigenvalue weighted by atomic mass is 16.4. The van der Waals surface area contributed by atoms with Crippen LogP contribution in [0.5, 0.6) is 0 Å². The molecular formula is C19H20N6O2. The highest BCUT2D eigenvalue weighted by molar-refractivity contribution is 5.97. The Morgan fingerprint density at radius 1 is 1.48 bits per heavy atom. The van der Waals surface area contributed by atoms with Crippen LogP contribution < -0.4 is 5.32 Å². The molecule has 2 N–H and O–H groups in total. The number of aromatic amines is 1. The summed E-state index contributed by atoms with van der Waals surface area (Å²) >= 11 is 0. The molecule has 0 radical (unpaired) electrons. The van der Waals surface area contributed by atoms with E-state index in [0.717, 1.165) is 40.9 Å². The molecule has 0 bridgehead atoms. The summed E-state index contributed by atoms with van der Waals surface area (Å²) in [6.07, 6.45) is 7.03. The number of aromatic nitrogens is 3. The van der Waals surface area contributed by atoms with Crippen LogP contribution >= 0.6 is 0 Å². The predicted octanol–water partition coefficient (Wildman–Crippen LogP) is 2.84. The minimum atomic E-state index is -0.117. The zero-order chi connectivity index (χ0) is 18.8. The molecule has 1 fully saturated rings. The normalized spacial score (nSPS) is 17.0. The molecule has 4 rings (SSSR count). The molecule has 0 unspecified atom stereocenters. The molecule has 0 saturated carbocycles. The Labute approximate surface area is 156 Å². The zero-order valence-electron chi connectivity index (χ0n) is 15.0. The average Bonchev–Trinajstić information content (AvgIpc) is 3.31. The molecule has 0 aliphatic carbocycles. The number of hydrogen-bond acceptors (Lipinski definition) is 6. The number of hydrogen-bond donors (Lipinski definition) is 2. The fourth-order valence-corrected chi connectivity index (χ4v) is 3.51. The number of piperidine rings is 1. The summed E-state index contributed by atoms with van der Waals surface area (Å²) in [7, 11) is 0. The van der Waals surface area contributed by atoms with Gasteiger partial charge in [-0.05, 0) is 25.8 Å². The number of carbonyl (C=O) groups is 1. The Morgan fingerprint density at radius 3 is 3.15 bits per heavy atom. The third kappa shape index (κ3) is 3.36. The minimum Gasteiger partial charge on any atom is -0.441 e. The number of pyridine rings is 1. The van der Waals surface area contributed by atoms with Crippen molar-refractivity contribution in [1.82, 2.24) is 19.9 Å². The second kappa shape index (κ2) is 7.11. The number of H-pyrrole nitrogens is 1. The van der Waals surface area contributed by atoms with Gasteiger partial charge in [-0.2, -0.15) is 5.26 Å². The molecular weight excluding hydrogens is 344 g/mol. The third-order valence-electron chi connectivity index (χ3n) is 4.79. The number of carbonyl (C=O) groups excluding carboxylic acids is 1. The number of rotatable bonds is 4. The van der Waals surface area contributed by atoms with Crippen molar-refractivity contribution in [3.63, 3.8) is 0 Å². The molecule has 0 aromatic carbocycles. The van der Waals surface area contributed by atoms with Gasteiger partial charge in [-0.3, -0.25) is 4.79 Å². The number of nitrogens with zero attached hydrogens (tertiary/aromatic N) is 4. The van der Waals surface area contributed by atoms with E-state index >= 15 is 0 Å². The number of likely N-dealkylation sites (tertiary alicyclic amines) is 1. The van der Waals surface area contributed by atoms with Gasteiger partial charge in [-0.1, -0.05) is 0 Å². The summed E-state index contributed by atoms with van der Waals surface area (Å²) in [6.45, 7) is 3.12. The predicted molar refractivity (Wildman–Crippen MR) is 99.8 cm³/mol. The molecule has 1 aliphatic rings. The van der Waals surface area contributed by atoms with E-state index < -0.39 is 0 Å². The third-order valence-corrected chi connectivity index (χ3v) is 4.79. The Bertz CT molecular complexity index is 1010. The average molecular weight is 364 g/mol.